The highest BCUT2D eigenvalue weighted by molar-refractivity contribution is 5.94. The van der Waals surface area contributed by atoms with Crippen molar-refractivity contribution in [3.8, 4) is 0 Å². The molecular formula is C18H32N6O8. The van der Waals surface area contributed by atoms with Gasteiger partial charge in [0.2, 0.25) is 23.6 Å². The van der Waals surface area contributed by atoms with E-state index in [1.807, 2.05) is 0 Å². The van der Waals surface area contributed by atoms with Crippen molar-refractivity contribution in [1.29, 1.82) is 0 Å². The predicted octanol–water partition coefficient (Wildman–Crippen LogP) is -4.30. The van der Waals surface area contributed by atoms with Gasteiger partial charge in [0.05, 0.1) is 25.6 Å². The lowest BCUT2D eigenvalue weighted by Crippen LogP contribution is -2.55. The van der Waals surface area contributed by atoms with Crippen LogP contribution in [-0.2, 0) is 28.8 Å². The molecule has 32 heavy (non-hydrogen) atoms. The maximum atomic E-state index is 12.5. The second-order valence-corrected chi connectivity index (χ2v) is 6.99. The number of nitrogens with one attached hydrogen (secondary N) is 4. The van der Waals surface area contributed by atoms with Gasteiger partial charge in [-0.3, -0.25) is 24.0 Å². The van der Waals surface area contributed by atoms with Crippen LogP contribution >= 0.6 is 0 Å². The summed E-state index contributed by atoms with van der Waals surface area (Å²) in [6, 6.07) is -4.63. The Kier molecular flexibility index (Phi) is 14.1. The summed E-state index contributed by atoms with van der Waals surface area (Å²) in [5.41, 5.74) is 10.7. The van der Waals surface area contributed by atoms with E-state index >= 15 is 0 Å². The van der Waals surface area contributed by atoms with Crippen LogP contribution in [0.2, 0.25) is 0 Å². The number of aliphatic hydroxyl groups is 1. The zero-order chi connectivity index (χ0) is 24.7. The third-order valence-corrected chi connectivity index (χ3v) is 4.19. The fourth-order valence-corrected chi connectivity index (χ4v) is 2.40. The van der Waals surface area contributed by atoms with E-state index in [-0.39, 0.29) is 12.7 Å². The molecule has 0 aromatic heterocycles. The topological polar surface area (TPSA) is 243 Å². The Balaban J connectivity index is 4.91. The van der Waals surface area contributed by atoms with Crippen molar-refractivity contribution < 1.29 is 39.0 Å². The van der Waals surface area contributed by atoms with Crippen molar-refractivity contribution in [3.05, 3.63) is 0 Å². The summed E-state index contributed by atoms with van der Waals surface area (Å²) in [6.45, 7) is 0.621. The zero-order valence-corrected chi connectivity index (χ0v) is 17.8. The van der Waals surface area contributed by atoms with Crippen molar-refractivity contribution in [3.63, 3.8) is 0 Å². The lowest BCUT2D eigenvalue weighted by atomic mass is 10.1. The quantitative estimate of drug-likeness (QED) is 0.0813. The number of amides is 4. The highest BCUT2D eigenvalue weighted by Gasteiger charge is 2.26. The molecule has 0 saturated heterocycles. The highest BCUT2D eigenvalue weighted by atomic mass is 16.4. The maximum Gasteiger partial charge on any atom is 0.305 e. The van der Waals surface area contributed by atoms with E-state index < -0.39 is 73.3 Å². The lowest BCUT2D eigenvalue weighted by Gasteiger charge is -2.22. The van der Waals surface area contributed by atoms with E-state index in [0.717, 1.165) is 0 Å². The number of hydrogen-bond acceptors (Lipinski definition) is 9. The number of unbranched alkanes of at least 4 members (excludes halogenated alkanes) is 1. The minimum atomic E-state index is -1.28. The summed E-state index contributed by atoms with van der Waals surface area (Å²) in [7, 11) is 0. The van der Waals surface area contributed by atoms with Crippen LogP contribution in [0.5, 0.6) is 0 Å². The Labute approximate surface area is 184 Å². The van der Waals surface area contributed by atoms with Gasteiger partial charge >= 0.3 is 5.97 Å². The molecule has 4 atom stereocenters. The summed E-state index contributed by atoms with van der Waals surface area (Å²) in [5.74, 6) is -4.21. The standard InChI is InChI=1S/C18H32N6O8/c1-10(22-14(27)7-21-17(31)12(20)9-26)16(30)24-13(4-2-3-5-19)18(32)23-11(8-25)6-15(28)29/h8,10-13,26H,2-7,9,19-20H2,1H3,(H,21,31)(H,22,27)(H,23,32)(H,24,30)(H,28,29)/t10-,11-,12-,13-/m0/s1. The van der Waals surface area contributed by atoms with Crippen molar-refractivity contribution in [1.82, 2.24) is 21.3 Å². The zero-order valence-electron chi connectivity index (χ0n) is 17.8. The summed E-state index contributed by atoms with van der Waals surface area (Å²) >= 11 is 0. The van der Waals surface area contributed by atoms with Crippen LogP contribution < -0.4 is 32.7 Å². The molecule has 0 rings (SSSR count). The molecule has 14 heteroatoms. The fraction of sp³-hybridized carbons (Fsp3) is 0.667. The van der Waals surface area contributed by atoms with Crippen LogP contribution in [0.4, 0.5) is 0 Å². The predicted molar refractivity (Wildman–Crippen MR) is 111 cm³/mol. The van der Waals surface area contributed by atoms with Crippen LogP contribution in [0.3, 0.4) is 0 Å². The summed E-state index contributed by atoms with van der Waals surface area (Å²) in [5, 5.41) is 26.8. The van der Waals surface area contributed by atoms with Gasteiger partial charge in [-0.25, -0.2) is 0 Å². The monoisotopic (exact) mass is 460 g/mol. The molecule has 10 N–H and O–H groups in total. The molecule has 0 aliphatic rings. The van der Waals surface area contributed by atoms with E-state index in [1.165, 1.54) is 6.92 Å². The minimum Gasteiger partial charge on any atom is -0.481 e. The molecule has 0 fully saturated rings. The number of hydrogen-bond donors (Lipinski definition) is 8. The normalized spacial score (nSPS) is 14.2. The van der Waals surface area contributed by atoms with Gasteiger partial charge in [0.25, 0.3) is 0 Å². The molecule has 0 aliphatic heterocycles. The van der Waals surface area contributed by atoms with Crippen LogP contribution in [0.1, 0.15) is 32.6 Å². The smallest absolute Gasteiger partial charge is 0.305 e. The highest BCUT2D eigenvalue weighted by Crippen LogP contribution is 2.03. The Morgan fingerprint density at radius 2 is 1.66 bits per heavy atom. The van der Waals surface area contributed by atoms with Crippen molar-refractivity contribution in [2.24, 2.45) is 11.5 Å². The van der Waals surface area contributed by atoms with Crippen molar-refractivity contribution >= 4 is 35.9 Å². The minimum absolute atomic E-state index is 0.170. The second kappa shape index (κ2) is 15.7. The number of carbonyl (C=O) groups is 6. The Hall–Kier alpha value is -3.10. The number of rotatable bonds is 16. The van der Waals surface area contributed by atoms with E-state index in [2.05, 4.69) is 21.3 Å². The molecule has 0 aliphatic carbocycles. The van der Waals surface area contributed by atoms with Gasteiger partial charge in [-0.2, -0.15) is 0 Å². The first-order valence-electron chi connectivity index (χ1n) is 9.97. The van der Waals surface area contributed by atoms with Gasteiger partial charge in [0.1, 0.15) is 24.4 Å². The number of aliphatic hydroxyl groups excluding tert-OH is 1. The Bertz CT molecular complexity index is 674. The molecule has 0 bridgehead atoms. The SMILES string of the molecule is C[C@H](NC(=O)CNC(=O)[C@@H](N)CO)C(=O)N[C@@H](CCCCN)C(=O)N[C@H](C=O)CC(=O)O. The summed E-state index contributed by atoms with van der Waals surface area (Å²) < 4.78 is 0. The summed E-state index contributed by atoms with van der Waals surface area (Å²) in [6.07, 6.45) is 0.871. The molecule has 182 valence electrons. The molecule has 14 nitrogen and oxygen atoms in total. The average molecular weight is 460 g/mol. The van der Waals surface area contributed by atoms with Gasteiger partial charge in [-0.15, -0.1) is 0 Å². The van der Waals surface area contributed by atoms with Crippen LogP contribution in [0.15, 0.2) is 0 Å². The van der Waals surface area contributed by atoms with Crippen LogP contribution in [0.25, 0.3) is 0 Å². The van der Waals surface area contributed by atoms with E-state index in [9.17, 15) is 28.8 Å². The van der Waals surface area contributed by atoms with Gasteiger partial charge in [-0.05, 0) is 32.7 Å². The summed E-state index contributed by atoms with van der Waals surface area (Å²) in [4.78, 5) is 70.0. The van der Waals surface area contributed by atoms with E-state index in [4.69, 9.17) is 21.7 Å². The molecule has 0 heterocycles. The van der Waals surface area contributed by atoms with Gasteiger partial charge in [0, 0.05) is 0 Å². The average Bonchev–Trinajstić information content (AvgIpc) is 2.74. The first-order chi connectivity index (χ1) is 15.0. The van der Waals surface area contributed by atoms with Gasteiger partial charge in [0.15, 0.2) is 0 Å². The molecule has 4 amide bonds. The number of carbonyl (C=O) groups excluding carboxylic acids is 5. The third-order valence-electron chi connectivity index (χ3n) is 4.19. The Morgan fingerprint density at radius 3 is 2.19 bits per heavy atom. The molecule has 0 radical (unpaired) electrons. The number of carboxylic acids is 1. The Morgan fingerprint density at radius 1 is 1.00 bits per heavy atom. The number of aldehydes is 1. The number of nitrogens with two attached hydrogens (primary N) is 2. The molecule has 0 saturated carbocycles. The number of aliphatic carboxylic acids is 1. The number of carboxylic acid groups (broad SMARTS) is 1. The first kappa shape index (κ1) is 28.9. The molecule has 0 unspecified atom stereocenters. The maximum absolute atomic E-state index is 12.5. The second-order valence-electron chi connectivity index (χ2n) is 6.99. The lowest BCUT2D eigenvalue weighted by molar-refractivity contribution is -0.139. The molecule has 0 aromatic rings. The van der Waals surface area contributed by atoms with Gasteiger partial charge in [-0.1, -0.05) is 0 Å². The van der Waals surface area contributed by atoms with Crippen LogP contribution in [0, 0.1) is 0 Å². The largest absolute Gasteiger partial charge is 0.481 e. The fourth-order valence-electron chi connectivity index (χ4n) is 2.40. The third kappa shape index (κ3) is 11.9. The molecule has 0 spiro atoms. The van der Waals surface area contributed by atoms with E-state index in [0.29, 0.717) is 19.4 Å². The van der Waals surface area contributed by atoms with Crippen LogP contribution in [-0.4, -0.2) is 90.0 Å². The first-order valence-corrected chi connectivity index (χ1v) is 9.97. The van der Waals surface area contributed by atoms with E-state index in [1.54, 1.807) is 0 Å². The molecular weight excluding hydrogens is 428 g/mol. The molecule has 0 aromatic carbocycles. The van der Waals surface area contributed by atoms with Gasteiger partial charge < -0.3 is 47.7 Å². The van der Waals surface area contributed by atoms with Crippen molar-refractivity contribution in [2.45, 2.75) is 56.8 Å². The van der Waals surface area contributed by atoms with Crippen molar-refractivity contribution in [2.75, 3.05) is 19.7 Å².